The van der Waals surface area contributed by atoms with Gasteiger partial charge in [-0.25, -0.2) is 4.79 Å². The van der Waals surface area contributed by atoms with Crippen molar-refractivity contribution in [3.8, 4) is 0 Å². The third-order valence-electron chi connectivity index (χ3n) is 1.98. The number of rotatable bonds is 2. The monoisotopic (exact) mass is 328 g/mol. The number of nitrogens with zero attached hydrogens (tertiary/aromatic N) is 1. The van der Waals surface area contributed by atoms with Crippen LogP contribution in [-0.2, 0) is 10.4 Å². The van der Waals surface area contributed by atoms with Gasteiger partial charge in [0.15, 0.2) is 0 Å². The van der Waals surface area contributed by atoms with Crippen molar-refractivity contribution in [1.29, 1.82) is 0 Å². The minimum absolute atomic E-state index is 0.0803. The van der Waals surface area contributed by atoms with Gasteiger partial charge in [-0.05, 0) is 12.5 Å². The number of carboxylic acids is 1. The van der Waals surface area contributed by atoms with Crippen LogP contribution in [-0.4, -0.2) is 33.5 Å². The fourth-order valence-corrected chi connectivity index (χ4v) is 1.38. The molecule has 10 nitrogen and oxygen atoms in total. The average Bonchev–Trinajstić information content (AvgIpc) is 2.22. The predicted molar refractivity (Wildman–Crippen MR) is 68.4 cm³/mol. The second-order valence-electron chi connectivity index (χ2n) is 3.31. The summed E-state index contributed by atoms with van der Waals surface area (Å²) < 4.78 is 31.6. The molecule has 0 aliphatic carbocycles. The van der Waals surface area contributed by atoms with E-state index >= 15 is 0 Å². The molecule has 5 N–H and O–H groups in total. The van der Waals surface area contributed by atoms with Gasteiger partial charge in [-0.2, -0.15) is 8.42 Å². The predicted octanol–water partition coefficient (Wildman–Crippen LogP) is 1.18. The van der Waals surface area contributed by atoms with Crippen LogP contribution in [0.1, 0.15) is 15.9 Å². The molecule has 0 spiro atoms. The van der Waals surface area contributed by atoms with E-state index in [0.717, 1.165) is 6.07 Å². The summed E-state index contributed by atoms with van der Waals surface area (Å²) in [5.74, 6) is -1.28. The lowest BCUT2D eigenvalue weighted by Gasteiger charge is -2.06. The Bertz CT molecular complexity index is 611. The quantitative estimate of drug-likeness (QED) is 0.268. The lowest BCUT2D eigenvalue weighted by molar-refractivity contribution is -0.384. The Labute approximate surface area is 117 Å². The van der Waals surface area contributed by atoms with E-state index in [1.165, 1.54) is 6.92 Å². The van der Waals surface area contributed by atoms with Crippen LogP contribution in [0.2, 0.25) is 5.02 Å². The van der Waals surface area contributed by atoms with Crippen molar-refractivity contribution in [2.75, 3.05) is 5.73 Å². The molecule has 0 aromatic heterocycles. The molecular weight excluding hydrogens is 320 g/mol. The van der Waals surface area contributed by atoms with Crippen LogP contribution in [0.15, 0.2) is 6.07 Å². The zero-order valence-electron chi connectivity index (χ0n) is 9.77. The molecule has 0 radical (unpaired) electrons. The minimum atomic E-state index is -4.67. The van der Waals surface area contributed by atoms with E-state index in [2.05, 4.69) is 0 Å². The molecule has 0 unspecified atom stereocenters. The molecule has 0 amide bonds. The Morgan fingerprint density at radius 2 is 1.85 bits per heavy atom. The Balaban J connectivity index is 0.000000621. The maximum absolute atomic E-state index is 10.7. The largest absolute Gasteiger partial charge is 0.478 e. The molecular formula is C8H9ClN2O8S. The molecule has 1 aromatic rings. The lowest BCUT2D eigenvalue weighted by atomic mass is 10.1. The summed E-state index contributed by atoms with van der Waals surface area (Å²) in [4.78, 5) is 20.5. The first-order chi connectivity index (χ1) is 8.86. The smallest absolute Gasteiger partial charge is 0.394 e. The number of hydrogen-bond acceptors (Lipinski definition) is 6. The summed E-state index contributed by atoms with van der Waals surface area (Å²) in [6.07, 6.45) is 0. The first kappa shape index (κ1) is 18.0. The zero-order chi connectivity index (χ0) is 16.2. The molecule has 0 atom stereocenters. The van der Waals surface area contributed by atoms with Gasteiger partial charge >= 0.3 is 16.4 Å². The van der Waals surface area contributed by atoms with E-state index in [-0.39, 0.29) is 21.8 Å². The summed E-state index contributed by atoms with van der Waals surface area (Å²) in [5, 5.41) is 19.1. The van der Waals surface area contributed by atoms with E-state index in [0.29, 0.717) is 0 Å². The molecule has 0 saturated heterocycles. The number of benzene rings is 1. The van der Waals surface area contributed by atoms with Crippen LogP contribution >= 0.6 is 11.6 Å². The molecule has 1 aromatic carbocycles. The molecule has 1 rings (SSSR count). The first-order valence-corrected chi connectivity index (χ1v) is 6.29. The topological polar surface area (TPSA) is 181 Å². The number of hydrogen-bond donors (Lipinski definition) is 4. The van der Waals surface area contributed by atoms with Crippen molar-refractivity contribution < 1.29 is 32.3 Å². The number of nitrogens with two attached hydrogens (primary N) is 1. The summed E-state index contributed by atoms with van der Waals surface area (Å²) in [7, 11) is -4.67. The molecule has 12 heteroatoms. The second kappa shape index (κ2) is 6.47. The van der Waals surface area contributed by atoms with Crippen LogP contribution in [0.3, 0.4) is 0 Å². The van der Waals surface area contributed by atoms with Gasteiger partial charge in [0.25, 0.3) is 5.69 Å². The van der Waals surface area contributed by atoms with Gasteiger partial charge in [0, 0.05) is 6.07 Å². The highest BCUT2D eigenvalue weighted by molar-refractivity contribution is 7.79. The fraction of sp³-hybridized carbons (Fsp3) is 0.125. The fourth-order valence-electron chi connectivity index (χ4n) is 1.11. The average molecular weight is 329 g/mol. The van der Waals surface area contributed by atoms with Crippen LogP contribution in [0, 0.1) is 17.0 Å². The Kier molecular flexibility index (Phi) is 5.84. The molecule has 112 valence electrons. The number of anilines is 1. The molecule has 0 saturated carbocycles. The maximum Gasteiger partial charge on any atom is 0.394 e. The van der Waals surface area contributed by atoms with E-state index in [1.807, 2.05) is 0 Å². The van der Waals surface area contributed by atoms with Crippen LogP contribution in [0.4, 0.5) is 11.4 Å². The number of nitrogen functional groups attached to an aromatic ring is 1. The molecule has 0 bridgehead atoms. The minimum Gasteiger partial charge on any atom is -0.478 e. The maximum atomic E-state index is 10.7. The number of carbonyl (C=O) groups is 1. The molecule has 0 aliphatic rings. The van der Waals surface area contributed by atoms with E-state index in [9.17, 15) is 14.9 Å². The lowest BCUT2D eigenvalue weighted by Crippen LogP contribution is -2.05. The highest BCUT2D eigenvalue weighted by Crippen LogP contribution is 2.34. The third kappa shape index (κ3) is 5.36. The Morgan fingerprint density at radius 3 is 2.15 bits per heavy atom. The van der Waals surface area contributed by atoms with Crippen molar-refractivity contribution in [1.82, 2.24) is 0 Å². The van der Waals surface area contributed by atoms with Gasteiger partial charge in [0.2, 0.25) is 0 Å². The molecule has 0 heterocycles. The van der Waals surface area contributed by atoms with E-state index < -0.39 is 27.0 Å². The van der Waals surface area contributed by atoms with Crippen molar-refractivity contribution in [2.45, 2.75) is 6.92 Å². The summed E-state index contributed by atoms with van der Waals surface area (Å²) in [6, 6.07) is 0.899. The Hall–Kier alpha value is -1.95. The third-order valence-corrected chi connectivity index (χ3v) is 2.37. The normalized spacial score (nSPS) is 10.4. The van der Waals surface area contributed by atoms with E-state index in [1.54, 1.807) is 0 Å². The zero-order valence-corrected chi connectivity index (χ0v) is 11.3. The number of nitro benzene ring substituents is 1. The van der Waals surface area contributed by atoms with Crippen molar-refractivity contribution in [3.05, 3.63) is 32.3 Å². The summed E-state index contributed by atoms with van der Waals surface area (Å²) >= 11 is 5.61. The van der Waals surface area contributed by atoms with E-state index in [4.69, 9.17) is 40.0 Å². The summed E-state index contributed by atoms with van der Waals surface area (Å²) in [5.41, 5.74) is 4.88. The van der Waals surface area contributed by atoms with Gasteiger partial charge in [0.05, 0.1) is 16.2 Å². The van der Waals surface area contributed by atoms with Gasteiger partial charge in [-0.3, -0.25) is 19.2 Å². The van der Waals surface area contributed by atoms with Crippen molar-refractivity contribution in [2.24, 2.45) is 0 Å². The van der Waals surface area contributed by atoms with Gasteiger partial charge in [-0.1, -0.05) is 11.6 Å². The van der Waals surface area contributed by atoms with Crippen LogP contribution < -0.4 is 5.73 Å². The van der Waals surface area contributed by atoms with Gasteiger partial charge in [0.1, 0.15) is 5.02 Å². The Morgan fingerprint density at radius 1 is 1.45 bits per heavy atom. The molecule has 0 fully saturated rings. The van der Waals surface area contributed by atoms with Crippen LogP contribution in [0.5, 0.6) is 0 Å². The van der Waals surface area contributed by atoms with Crippen molar-refractivity contribution in [3.63, 3.8) is 0 Å². The van der Waals surface area contributed by atoms with Crippen LogP contribution in [0.25, 0.3) is 0 Å². The number of carboxylic acid groups (broad SMARTS) is 1. The SMILES string of the molecule is Cc1c(C(=O)O)cc([N+](=O)[O-])c(Cl)c1N.O=S(=O)(O)O. The molecule has 0 aliphatic heterocycles. The first-order valence-electron chi connectivity index (χ1n) is 4.52. The molecule has 20 heavy (non-hydrogen) atoms. The number of nitro groups is 1. The number of aromatic carboxylic acids is 1. The van der Waals surface area contributed by atoms with Crippen molar-refractivity contribution >= 4 is 39.3 Å². The highest BCUT2D eigenvalue weighted by atomic mass is 35.5. The number of halogens is 1. The van der Waals surface area contributed by atoms with Gasteiger partial charge < -0.3 is 10.8 Å². The standard InChI is InChI=1S/C8H7ClN2O4.H2O4S/c1-3-4(8(12)13)2-5(11(14)15)6(9)7(3)10;1-5(2,3)4/h2H,10H2,1H3,(H,12,13);(H2,1,2,3,4). The summed E-state index contributed by atoms with van der Waals surface area (Å²) in [6.45, 7) is 1.44. The highest BCUT2D eigenvalue weighted by Gasteiger charge is 2.22. The second-order valence-corrected chi connectivity index (χ2v) is 4.58. The van der Waals surface area contributed by atoms with Gasteiger partial charge in [-0.15, -0.1) is 0 Å².